The molecule has 0 radical (unpaired) electrons. The van der Waals surface area contributed by atoms with Gasteiger partial charge in [-0.1, -0.05) is 27.5 Å². The first-order valence-corrected chi connectivity index (χ1v) is 6.65. The Kier molecular flexibility index (Phi) is 3.43. The summed E-state index contributed by atoms with van der Waals surface area (Å²) in [5.41, 5.74) is 0.185. The summed E-state index contributed by atoms with van der Waals surface area (Å²) in [6.07, 6.45) is -0.468. The molecule has 1 aromatic carbocycles. The van der Waals surface area contributed by atoms with Crippen molar-refractivity contribution in [1.82, 2.24) is 4.57 Å². The Balaban J connectivity index is 2.51. The highest BCUT2D eigenvalue weighted by molar-refractivity contribution is 9.10. The van der Waals surface area contributed by atoms with Crippen LogP contribution in [0.25, 0.3) is 10.9 Å². The van der Waals surface area contributed by atoms with E-state index in [4.69, 9.17) is 16.3 Å². The van der Waals surface area contributed by atoms with Gasteiger partial charge in [-0.2, -0.15) is 0 Å². The smallest absolute Gasteiger partial charge is 0.420 e. The van der Waals surface area contributed by atoms with E-state index in [1.807, 2.05) is 39.0 Å². The second-order valence-electron chi connectivity index (χ2n) is 4.99. The zero-order valence-electron chi connectivity index (χ0n) is 10.3. The predicted molar refractivity (Wildman–Crippen MR) is 76.3 cm³/mol. The normalized spacial score (nSPS) is 11.8. The van der Waals surface area contributed by atoms with Crippen LogP contribution in [0.2, 0.25) is 5.15 Å². The molecule has 1 aromatic heterocycles. The van der Waals surface area contributed by atoms with Crippen LogP contribution in [0.15, 0.2) is 28.7 Å². The molecule has 0 amide bonds. The average Bonchev–Trinajstić information content (AvgIpc) is 2.50. The summed E-state index contributed by atoms with van der Waals surface area (Å²) in [6.45, 7) is 5.46. The van der Waals surface area contributed by atoms with Crippen LogP contribution >= 0.6 is 27.5 Å². The zero-order valence-corrected chi connectivity index (χ0v) is 12.7. The van der Waals surface area contributed by atoms with Gasteiger partial charge in [-0.3, -0.25) is 0 Å². The first-order chi connectivity index (χ1) is 8.28. The number of carbonyl (C=O) groups is 1. The number of carbonyl (C=O) groups excluding carboxylic acids is 1. The highest BCUT2D eigenvalue weighted by atomic mass is 79.9. The molecule has 0 aliphatic rings. The van der Waals surface area contributed by atoms with E-state index in [2.05, 4.69) is 15.9 Å². The SMILES string of the molecule is CC(C)(C)OC(=O)n1c(Cl)cc2cc(Br)ccc21. The standard InChI is InChI=1S/C13H13BrClNO2/c1-13(2,3)18-12(17)16-10-5-4-9(14)6-8(10)7-11(16)15/h4-7H,1-3H3. The van der Waals surface area contributed by atoms with E-state index in [-0.39, 0.29) is 0 Å². The summed E-state index contributed by atoms with van der Waals surface area (Å²) in [4.78, 5) is 12.1. The minimum Gasteiger partial charge on any atom is -0.443 e. The van der Waals surface area contributed by atoms with Crippen LogP contribution in [0.4, 0.5) is 4.79 Å². The van der Waals surface area contributed by atoms with Crippen molar-refractivity contribution in [3.63, 3.8) is 0 Å². The molecule has 2 aromatic rings. The Morgan fingerprint density at radius 3 is 2.61 bits per heavy atom. The molecule has 5 heteroatoms. The first-order valence-electron chi connectivity index (χ1n) is 5.48. The average molecular weight is 331 g/mol. The molecule has 3 nitrogen and oxygen atoms in total. The van der Waals surface area contributed by atoms with Crippen LogP contribution in [0, 0.1) is 0 Å². The monoisotopic (exact) mass is 329 g/mol. The van der Waals surface area contributed by atoms with Gasteiger partial charge in [0.15, 0.2) is 0 Å². The van der Waals surface area contributed by atoms with Crippen LogP contribution in [0.3, 0.4) is 0 Å². The largest absolute Gasteiger partial charge is 0.443 e. The Bertz CT molecular complexity index is 613. The number of halogens is 2. The fraction of sp³-hybridized carbons (Fsp3) is 0.308. The maximum atomic E-state index is 12.1. The van der Waals surface area contributed by atoms with Crippen molar-refractivity contribution in [3.8, 4) is 0 Å². The molecule has 2 rings (SSSR count). The van der Waals surface area contributed by atoms with Crippen molar-refractivity contribution >= 4 is 44.5 Å². The lowest BCUT2D eigenvalue weighted by molar-refractivity contribution is 0.0545. The number of fused-ring (bicyclic) bond motifs is 1. The molecule has 0 atom stereocenters. The number of aromatic nitrogens is 1. The van der Waals surface area contributed by atoms with Gasteiger partial charge in [0.1, 0.15) is 10.8 Å². The predicted octanol–water partition coefficient (Wildman–Crippen LogP) is 4.84. The zero-order chi connectivity index (χ0) is 13.5. The molecular weight excluding hydrogens is 318 g/mol. The minimum atomic E-state index is -0.549. The van der Waals surface area contributed by atoms with E-state index in [0.717, 1.165) is 15.4 Å². The number of benzene rings is 1. The number of ether oxygens (including phenoxy) is 1. The molecule has 0 saturated carbocycles. The van der Waals surface area contributed by atoms with Gasteiger partial charge in [0, 0.05) is 9.86 Å². The molecular formula is C13H13BrClNO2. The third-order valence-corrected chi connectivity index (χ3v) is 3.07. The van der Waals surface area contributed by atoms with Crippen LogP contribution in [0.5, 0.6) is 0 Å². The summed E-state index contributed by atoms with van der Waals surface area (Å²) in [6, 6.07) is 7.34. The van der Waals surface area contributed by atoms with Crippen molar-refractivity contribution < 1.29 is 9.53 Å². The maximum Gasteiger partial charge on any atom is 0.420 e. The molecule has 0 aliphatic carbocycles. The van der Waals surface area contributed by atoms with Gasteiger partial charge in [0.05, 0.1) is 5.52 Å². The van der Waals surface area contributed by atoms with Crippen molar-refractivity contribution in [2.75, 3.05) is 0 Å². The molecule has 0 fully saturated rings. The lowest BCUT2D eigenvalue weighted by Crippen LogP contribution is -2.27. The highest BCUT2D eigenvalue weighted by Crippen LogP contribution is 2.27. The molecule has 0 aliphatic heterocycles. The van der Waals surface area contributed by atoms with E-state index in [0.29, 0.717) is 5.15 Å². The van der Waals surface area contributed by atoms with Crippen molar-refractivity contribution in [3.05, 3.63) is 33.9 Å². The van der Waals surface area contributed by atoms with Crippen molar-refractivity contribution in [1.29, 1.82) is 0 Å². The van der Waals surface area contributed by atoms with Gasteiger partial charge in [0.2, 0.25) is 0 Å². The fourth-order valence-electron chi connectivity index (χ4n) is 1.65. The first kappa shape index (κ1) is 13.4. The molecule has 18 heavy (non-hydrogen) atoms. The third kappa shape index (κ3) is 2.70. The Hall–Kier alpha value is -1.00. The summed E-state index contributed by atoms with van der Waals surface area (Å²) in [7, 11) is 0. The van der Waals surface area contributed by atoms with Crippen molar-refractivity contribution in [2.45, 2.75) is 26.4 Å². The van der Waals surface area contributed by atoms with Gasteiger partial charge < -0.3 is 4.74 Å². The van der Waals surface area contributed by atoms with Crippen molar-refractivity contribution in [2.24, 2.45) is 0 Å². The molecule has 0 unspecified atom stereocenters. The number of hydrogen-bond acceptors (Lipinski definition) is 2. The van der Waals surface area contributed by atoms with Gasteiger partial charge in [-0.15, -0.1) is 0 Å². The fourth-order valence-corrected chi connectivity index (χ4v) is 2.30. The van der Waals surface area contributed by atoms with E-state index in [1.54, 1.807) is 6.07 Å². The van der Waals surface area contributed by atoms with Crippen LogP contribution in [0.1, 0.15) is 20.8 Å². The molecule has 0 spiro atoms. The van der Waals surface area contributed by atoms with Crippen LogP contribution in [-0.2, 0) is 4.74 Å². The Morgan fingerprint density at radius 1 is 1.33 bits per heavy atom. The Labute approximate surface area is 119 Å². The van der Waals surface area contributed by atoms with E-state index in [1.165, 1.54) is 4.57 Å². The van der Waals surface area contributed by atoms with Gasteiger partial charge in [-0.05, 0) is 45.0 Å². The second-order valence-corrected chi connectivity index (χ2v) is 6.29. The quantitative estimate of drug-likeness (QED) is 0.692. The Morgan fingerprint density at radius 2 is 2.00 bits per heavy atom. The van der Waals surface area contributed by atoms with Crippen LogP contribution in [-0.4, -0.2) is 16.3 Å². The lowest BCUT2D eigenvalue weighted by Gasteiger charge is -2.20. The third-order valence-electron chi connectivity index (χ3n) is 2.29. The summed E-state index contributed by atoms with van der Waals surface area (Å²) >= 11 is 9.47. The van der Waals surface area contributed by atoms with E-state index < -0.39 is 11.7 Å². The summed E-state index contributed by atoms with van der Waals surface area (Å²) in [5.74, 6) is 0. The molecule has 0 N–H and O–H groups in total. The molecule has 0 saturated heterocycles. The molecule has 0 bridgehead atoms. The summed E-state index contributed by atoms with van der Waals surface area (Å²) < 4.78 is 7.64. The topological polar surface area (TPSA) is 31.2 Å². The van der Waals surface area contributed by atoms with Gasteiger partial charge in [0.25, 0.3) is 0 Å². The number of hydrogen-bond donors (Lipinski definition) is 0. The lowest BCUT2D eigenvalue weighted by atomic mass is 10.2. The van der Waals surface area contributed by atoms with Gasteiger partial charge in [-0.25, -0.2) is 9.36 Å². The van der Waals surface area contributed by atoms with E-state index in [9.17, 15) is 4.79 Å². The van der Waals surface area contributed by atoms with E-state index >= 15 is 0 Å². The summed E-state index contributed by atoms with van der Waals surface area (Å²) in [5, 5.41) is 1.23. The molecule has 1 heterocycles. The number of rotatable bonds is 0. The minimum absolute atomic E-state index is 0.345. The highest BCUT2D eigenvalue weighted by Gasteiger charge is 2.21. The number of nitrogens with zero attached hydrogens (tertiary/aromatic N) is 1. The van der Waals surface area contributed by atoms with Crippen LogP contribution < -0.4 is 0 Å². The van der Waals surface area contributed by atoms with Gasteiger partial charge >= 0.3 is 6.09 Å². The maximum absolute atomic E-state index is 12.1. The second kappa shape index (κ2) is 4.59. The molecule has 96 valence electrons.